The van der Waals surface area contributed by atoms with Crippen LogP contribution in [0.1, 0.15) is 38.1 Å². The molecule has 0 spiro atoms. The summed E-state index contributed by atoms with van der Waals surface area (Å²) in [4.78, 5) is 29.9. The van der Waals surface area contributed by atoms with Crippen LogP contribution in [0.25, 0.3) is 11.4 Å². The molecule has 0 aliphatic rings. The van der Waals surface area contributed by atoms with Crippen LogP contribution >= 0.6 is 0 Å². The van der Waals surface area contributed by atoms with Crippen LogP contribution in [0, 0.1) is 5.82 Å². The quantitative estimate of drug-likeness (QED) is 0.357. The highest BCUT2D eigenvalue weighted by Gasteiger charge is 2.34. The van der Waals surface area contributed by atoms with E-state index in [9.17, 15) is 14.0 Å². The van der Waals surface area contributed by atoms with Crippen LogP contribution in [-0.2, 0) is 22.7 Å². The molecule has 10 nitrogen and oxygen atoms in total. The lowest BCUT2D eigenvalue weighted by molar-refractivity contribution is -0.143. The molecule has 2 amide bonds. The summed E-state index contributed by atoms with van der Waals surface area (Å²) in [5, 5.41) is 15.2. The zero-order valence-corrected chi connectivity index (χ0v) is 21.6. The summed E-state index contributed by atoms with van der Waals surface area (Å²) in [5.41, 5.74) is 0.600. The van der Waals surface area contributed by atoms with E-state index in [2.05, 4.69) is 20.7 Å². The maximum Gasteiger partial charge on any atom is 0.247 e. The Morgan fingerprint density at radius 3 is 2.42 bits per heavy atom. The van der Waals surface area contributed by atoms with Gasteiger partial charge in [0.1, 0.15) is 29.9 Å². The second-order valence-corrected chi connectivity index (χ2v) is 9.67. The van der Waals surface area contributed by atoms with E-state index < -0.39 is 17.5 Å². The monoisotopic (exact) mass is 520 g/mol. The predicted octanol–water partition coefficient (Wildman–Crippen LogP) is 3.77. The molecule has 0 aliphatic heterocycles. The first kappa shape index (κ1) is 26.5. The van der Waals surface area contributed by atoms with Gasteiger partial charge in [0.05, 0.1) is 19.9 Å². The molecular formula is C27H29FN6O4. The van der Waals surface area contributed by atoms with Gasteiger partial charge in [0.25, 0.3) is 0 Å². The van der Waals surface area contributed by atoms with E-state index in [0.29, 0.717) is 22.6 Å². The van der Waals surface area contributed by atoms with Crippen molar-refractivity contribution in [1.82, 2.24) is 30.4 Å². The molecule has 0 saturated heterocycles. The average Bonchev–Trinajstić information content (AvgIpc) is 3.56. The number of ether oxygens (including phenoxy) is 1. The van der Waals surface area contributed by atoms with Crippen molar-refractivity contribution < 1.29 is 23.1 Å². The van der Waals surface area contributed by atoms with Crippen molar-refractivity contribution in [3.63, 3.8) is 0 Å². The first-order valence-corrected chi connectivity index (χ1v) is 11.9. The van der Waals surface area contributed by atoms with Gasteiger partial charge in [-0.1, -0.05) is 12.1 Å². The van der Waals surface area contributed by atoms with E-state index in [0.717, 1.165) is 4.80 Å². The first-order valence-electron chi connectivity index (χ1n) is 11.9. The van der Waals surface area contributed by atoms with Crippen LogP contribution in [0.4, 0.5) is 4.39 Å². The number of benzene rings is 2. The summed E-state index contributed by atoms with van der Waals surface area (Å²) in [7, 11) is 1.55. The molecule has 2 aromatic heterocycles. The lowest BCUT2D eigenvalue weighted by Gasteiger charge is -2.33. The Hall–Kier alpha value is -4.54. The van der Waals surface area contributed by atoms with Gasteiger partial charge in [0, 0.05) is 11.1 Å². The molecule has 11 heteroatoms. The van der Waals surface area contributed by atoms with Gasteiger partial charge in [-0.15, -0.1) is 10.2 Å². The lowest BCUT2D eigenvalue weighted by atomic mass is 10.0. The molecule has 4 aromatic rings. The maximum atomic E-state index is 13.7. The van der Waals surface area contributed by atoms with E-state index in [1.165, 1.54) is 35.4 Å². The average molecular weight is 521 g/mol. The highest BCUT2D eigenvalue weighted by Crippen LogP contribution is 2.27. The third-order valence-corrected chi connectivity index (χ3v) is 5.55. The largest absolute Gasteiger partial charge is 0.497 e. The molecule has 1 unspecified atom stereocenters. The molecule has 0 bridgehead atoms. The van der Waals surface area contributed by atoms with Crippen molar-refractivity contribution in [3.05, 3.63) is 84.1 Å². The summed E-state index contributed by atoms with van der Waals surface area (Å²) in [6.07, 6.45) is 1.50. The molecule has 2 heterocycles. The Labute approximate surface area is 219 Å². The number of nitrogens with one attached hydrogen (secondary N) is 1. The molecule has 0 saturated carbocycles. The minimum Gasteiger partial charge on any atom is -0.497 e. The molecule has 1 N–H and O–H groups in total. The number of furan rings is 1. The van der Waals surface area contributed by atoms with Crippen LogP contribution in [0.2, 0.25) is 0 Å². The van der Waals surface area contributed by atoms with Crippen molar-refractivity contribution >= 4 is 11.8 Å². The van der Waals surface area contributed by atoms with Crippen LogP contribution in [-0.4, -0.2) is 49.6 Å². The van der Waals surface area contributed by atoms with Crippen molar-refractivity contribution in [2.45, 2.75) is 45.4 Å². The number of amides is 2. The van der Waals surface area contributed by atoms with Crippen molar-refractivity contribution in [2.24, 2.45) is 0 Å². The van der Waals surface area contributed by atoms with Gasteiger partial charge in [0.15, 0.2) is 0 Å². The SMILES string of the molecule is COc1ccc(C(C(=O)NC(C)(C)C)N(Cc2ccco2)C(=O)Cn2nnc(-c3ccc(F)cc3)n2)cc1. The smallest absolute Gasteiger partial charge is 0.247 e. The third kappa shape index (κ3) is 6.61. The summed E-state index contributed by atoms with van der Waals surface area (Å²) < 4.78 is 24.1. The summed E-state index contributed by atoms with van der Waals surface area (Å²) in [6, 6.07) is 15.0. The second kappa shape index (κ2) is 11.2. The van der Waals surface area contributed by atoms with Gasteiger partial charge < -0.3 is 19.4 Å². The molecule has 0 fully saturated rings. The van der Waals surface area contributed by atoms with Crippen LogP contribution in [0.3, 0.4) is 0 Å². The van der Waals surface area contributed by atoms with Gasteiger partial charge in [-0.25, -0.2) is 4.39 Å². The minimum absolute atomic E-state index is 0.0274. The fraction of sp³-hybridized carbons (Fsp3) is 0.296. The van der Waals surface area contributed by atoms with Crippen LogP contribution < -0.4 is 10.1 Å². The topological polar surface area (TPSA) is 115 Å². The Balaban J connectivity index is 1.67. The number of methoxy groups -OCH3 is 1. The summed E-state index contributed by atoms with van der Waals surface area (Å²) in [5.74, 6) is 0.178. The minimum atomic E-state index is -0.988. The highest BCUT2D eigenvalue weighted by molar-refractivity contribution is 5.89. The molecule has 0 radical (unpaired) electrons. The number of carbonyl (C=O) groups excluding carboxylic acids is 2. The van der Waals surface area contributed by atoms with Crippen LogP contribution in [0.5, 0.6) is 5.75 Å². The molecule has 4 rings (SSSR count). The molecule has 2 aromatic carbocycles. The highest BCUT2D eigenvalue weighted by atomic mass is 19.1. The van der Waals surface area contributed by atoms with Gasteiger partial charge >= 0.3 is 0 Å². The summed E-state index contributed by atoms with van der Waals surface area (Å²) >= 11 is 0. The number of halogens is 1. The zero-order valence-electron chi connectivity index (χ0n) is 21.6. The Morgan fingerprint density at radius 1 is 1.11 bits per heavy atom. The van der Waals surface area contributed by atoms with E-state index in [4.69, 9.17) is 9.15 Å². The van der Waals surface area contributed by atoms with Gasteiger partial charge in [-0.3, -0.25) is 9.59 Å². The first-order chi connectivity index (χ1) is 18.1. The number of tetrazole rings is 1. The van der Waals surface area contributed by atoms with Crippen molar-refractivity contribution in [2.75, 3.05) is 7.11 Å². The van der Waals surface area contributed by atoms with E-state index in [1.807, 2.05) is 20.8 Å². The summed E-state index contributed by atoms with van der Waals surface area (Å²) in [6.45, 7) is 5.34. The number of hydrogen-bond donors (Lipinski definition) is 1. The number of nitrogens with zero attached hydrogens (tertiary/aromatic N) is 5. The Bertz CT molecular complexity index is 1360. The lowest BCUT2D eigenvalue weighted by Crippen LogP contribution is -2.49. The molecular weight excluding hydrogens is 491 g/mol. The third-order valence-electron chi connectivity index (χ3n) is 5.55. The van der Waals surface area contributed by atoms with Crippen molar-refractivity contribution in [1.29, 1.82) is 0 Å². The van der Waals surface area contributed by atoms with Crippen LogP contribution in [0.15, 0.2) is 71.3 Å². The van der Waals surface area contributed by atoms with Gasteiger partial charge in [-0.2, -0.15) is 4.80 Å². The van der Waals surface area contributed by atoms with E-state index >= 15 is 0 Å². The molecule has 38 heavy (non-hydrogen) atoms. The van der Waals surface area contributed by atoms with Gasteiger partial charge in [-0.05, 0) is 80.1 Å². The number of aromatic nitrogens is 4. The molecule has 0 aliphatic carbocycles. The predicted molar refractivity (Wildman–Crippen MR) is 136 cm³/mol. The fourth-order valence-corrected chi connectivity index (χ4v) is 3.83. The standard InChI is InChI=1S/C27H29FN6O4/c1-27(2,3)29-26(36)24(18-9-13-21(37-4)14-10-18)33(16-22-6-5-15-38-22)23(35)17-34-31-25(30-32-34)19-7-11-20(28)12-8-19/h5-15,24H,16-17H2,1-4H3,(H,29,36). The Kier molecular flexibility index (Phi) is 7.85. The zero-order chi connectivity index (χ0) is 27.3. The van der Waals surface area contributed by atoms with E-state index in [-0.39, 0.29) is 30.6 Å². The number of rotatable bonds is 9. The van der Waals surface area contributed by atoms with Crippen molar-refractivity contribution in [3.8, 4) is 17.1 Å². The number of carbonyl (C=O) groups is 2. The number of hydrogen-bond acceptors (Lipinski definition) is 7. The van der Waals surface area contributed by atoms with Gasteiger partial charge in [0.2, 0.25) is 17.6 Å². The maximum absolute atomic E-state index is 13.7. The Morgan fingerprint density at radius 2 is 1.82 bits per heavy atom. The fourth-order valence-electron chi connectivity index (χ4n) is 3.83. The van der Waals surface area contributed by atoms with E-state index in [1.54, 1.807) is 43.5 Å². The molecule has 1 atom stereocenters. The second-order valence-electron chi connectivity index (χ2n) is 9.67. The molecule has 198 valence electrons. The normalized spacial score (nSPS) is 12.1.